The van der Waals surface area contributed by atoms with E-state index in [1.807, 2.05) is 13.8 Å². The standard InChI is InChI=1S/C16H21N.C4H10O/c1-2-6-13-12(5-1)11-15-14-7-3-4-8-16(13,14)9-10-17-15;1-3-5-4-2/h1-2,5-6,14-15,17H,3-4,7-11H2;3-4H2,1-2H3/t14-,15+,16-;/m0./s1. The molecule has 2 bridgehead atoms. The summed E-state index contributed by atoms with van der Waals surface area (Å²) < 4.78 is 4.83. The molecule has 1 aliphatic heterocycles. The average Bonchev–Trinajstić information content (AvgIpc) is 2.56. The van der Waals surface area contributed by atoms with Crippen LogP contribution in [0.1, 0.15) is 57.1 Å². The van der Waals surface area contributed by atoms with E-state index in [4.69, 9.17) is 4.74 Å². The molecule has 2 aliphatic carbocycles. The second-order valence-electron chi connectivity index (χ2n) is 6.96. The molecule has 3 atom stereocenters. The Bertz CT molecular complexity index is 480. The quantitative estimate of drug-likeness (QED) is 0.889. The Labute approximate surface area is 135 Å². The van der Waals surface area contributed by atoms with Crippen LogP contribution in [0.5, 0.6) is 0 Å². The summed E-state index contributed by atoms with van der Waals surface area (Å²) in [5.74, 6) is 0.917. The Morgan fingerprint density at radius 2 is 1.95 bits per heavy atom. The molecular weight excluding hydrogens is 270 g/mol. The highest BCUT2D eigenvalue weighted by Crippen LogP contribution is 2.53. The zero-order valence-corrected chi connectivity index (χ0v) is 14.2. The highest BCUT2D eigenvalue weighted by Gasteiger charge is 2.51. The summed E-state index contributed by atoms with van der Waals surface area (Å²) in [7, 11) is 0. The number of fused-ring (bicyclic) bond motifs is 1. The van der Waals surface area contributed by atoms with E-state index in [1.54, 1.807) is 11.1 Å². The third-order valence-electron chi connectivity index (χ3n) is 5.96. The molecule has 1 heterocycles. The van der Waals surface area contributed by atoms with Crippen molar-refractivity contribution in [2.75, 3.05) is 19.8 Å². The molecule has 3 aliphatic rings. The van der Waals surface area contributed by atoms with Crippen LogP contribution in [0.15, 0.2) is 24.3 Å². The van der Waals surface area contributed by atoms with Crippen molar-refractivity contribution in [2.24, 2.45) is 5.92 Å². The van der Waals surface area contributed by atoms with Crippen LogP contribution < -0.4 is 5.32 Å². The predicted molar refractivity (Wildman–Crippen MR) is 92.4 cm³/mol. The van der Waals surface area contributed by atoms with Crippen molar-refractivity contribution in [1.82, 2.24) is 5.32 Å². The second-order valence-corrected chi connectivity index (χ2v) is 6.96. The van der Waals surface area contributed by atoms with Crippen LogP contribution >= 0.6 is 0 Å². The van der Waals surface area contributed by atoms with Gasteiger partial charge in [-0.15, -0.1) is 0 Å². The largest absolute Gasteiger partial charge is 0.382 e. The molecule has 0 radical (unpaired) electrons. The van der Waals surface area contributed by atoms with Crippen LogP contribution in [-0.2, 0) is 16.6 Å². The molecule has 22 heavy (non-hydrogen) atoms. The van der Waals surface area contributed by atoms with Crippen molar-refractivity contribution < 1.29 is 4.74 Å². The number of hydrogen-bond acceptors (Lipinski definition) is 2. The van der Waals surface area contributed by atoms with Crippen molar-refractivity contribution in [3.63, 3.8) is 0 Å². The van der Waals surface area contributed by atoms with Gasteiger partial charge < -0.3 is 10.1 Å². The van der Waals surface area contributed by atoms with Crippen molar-refractivity contribution in [1.29, 1.82) is 0 Å². The van der Waals surface area contributed by atoms with E-state index in [1.165, 1.54) is 45.1 Å². The summed E-state index contributed by atoms with van der Waals surface area (Å²) in [6, 6.07) is 10.0. The Morgan fingerprint density at radius 1 is 1.14 bits per heavy atom. The fourth-order valence-electron chi connectivity index (χ4n) is 5.09. The SMILES string of the molecule is CCOCC.c1ccc2c(c1)C[C@H]1NCC[C@@]23CCCC[C@@H]13. The normalized spacial score (nSPS) is 32.3. The molecule has 1 aromatic rings. The lowest BCUT2D eigenvalue weighted by Crippen LogP contribution is -2.59. The molecule has 4 rings (SSSR count). The molecule has 1 saturated carbocycles. The summed E-state index contributed by atoms with van der Waals surface area (Å²) in [6.45, 7) is 6.90. The Kier molecular flexibility index (Phi) is 5.20. The number of benzene rings is 1. The van der Waals surface area contributed by atoms with Gasteiger partial charge in [0.2, 0.25) is 0 Å². The molecule has 1 aromatic carbocycles. The smallest absolute Gasteiger partial charge is 0.0437 e. The van der Waals surface area contributed by atoms with Gasteiger partial charge in [-0.2, -0.15) is 0 Å². The number of nitrogens with one attached hydrogen (secondary N) is 1. The third-order valence-corrected chi connectivity index (χ3v) is 5.96. The zero-order valence-electron chi connectivity index (χ0n) is 14.2. The topological polar surface area (TPSA) is 21.3 Å². The molecule has 0 spiro atoms. The summed E-state index contributed by atoms with van der Waals surface area (Å²) in [4.78, 5) is 0. The fourth-order valence-corrected chi connectivity index (χ4v) is 5.09. The van der Waals surface area contributed by atoms with E-state index in [2.05, 4.69) is 29.6 Å². The number of hydrogen-bond donors (Lipinski definition) is 1. The van der Waals surface area contributed by atoms with E-state index in [9.17, 15) is 0 Å². The first kappa shape index (κ1) is 16.0. The monoisotopic (exact) mass is 301 g/mol. The minimum atomic E-state index is 0.545. The van der Waals surface area contributed by atoms with Gasteiger partial charge in [0, 0.05) is 24.7 Å². The molecule has 122 valence electrons. The molecule has 2 nitrogen and oxygen atoms in total. The molecular formula is C20H31NO. The molecule has 0 amide bonds. The zero-order chi connectivity index (χ0) is 15.4. The molecule has 0 aromatic heterocycles. The van der Waals surface area contributed by atoms with Gasteiger partial charge >= 0.3 is 0 Å². The fraction of sp³-hybridized carbons (Fsp3) is 0.700. The highest BCUT2D eigenvalue weighted by atomic mass is 16.5. The first-order valence-electron chi connectivity index (χ1n) is 9.21. The van der Waals surface area contributed by atoms with E-state index in [0.29, 0.717) is 5.41 Å². The van der Waals surface area contributed by atoms with Gasteiger partial charge in [-0.25, -0.2) is 0 Å². The summed E-state index contributed by atoms with van der Waals surface area (Å²) in [6.07, 6.45) is 8.41. The van der Waals surface area contributed by atoms with Crippen LogP contribution in [0.25, 0.3) is 0 Å². The third kappa shape index (κ3) is 2.83. The number of rotatable bonds is 2. The van der Waals surface area contributed by atoms with Gasteiger partial charge in [-0.1, -0.05) is 37.1 Å². The van der Waals surface area contributed by atoms with Gasteiger partial charge in [-0.3, -0.25) is 0 Å². The van der Waals surface area contributed by atoms with Crippen molar-refractivity contribution in [3.05, 3.63) is 35.4 Å². The minimum absolute atomic E-state index is 0.545. The van der Waals surface area contributed by atoms with Crippen LogP contribution in [0.2, 0.25) is 0 Å². The second kappa shape index (κ2) is 7.14. The van der Waals surface area contributed by atoms with Crippen LogP contribution in [0.3, 0.4) is 0 Å². The van der Waals surface area contributed by atoms with E-state index < -0.39 is 0 Å². The van der Waals surface area contributed by atoms with Crippen molar-refractivity contribution in [3.8, 4) is 0 Å². The van der Waals surface area contributed by atoms with Crippen LogP contribution in [0.4, 0.5) is 0 Å². The number of piperidine rings is 1. The molecule has 1 N–H and O–H groups in total. The lowest BCUT2D eigenvalue weighted by atomic mass is 9.53. The maximum Gasteiger partial charge on any atom is 0.0437 e. The molecule has 0 unspecified atom stereocenters. The number of ether oxygens (including phenoxy) is 1. The Balaban J connectivity index is 0.000000254. The van der Waals surface area contributed by atoms with Crippen molar-refractivity contribution in [2.45, 2.75) is 63.8 Å². The lowest BCUT2D eigenvalue weighted by molar-refractivity contribution is 0.0798. The van der Waals surface area contributed by atoms with Gasteiger partial charge in [0.1, 0.15) is 0 Å². The van der Waals surface area contributed by atoms with E-state index in [0.717, 1.165) is 25.2 Å². The predicted octanol–water partition coefficient (Wildman–Crippen LogP) is 4.08. The van der Waals surface area contributed by atoms with Crippen LogP contribution in [-0.4, -0.2) is 25.8 Å². The van der Waals surface area contributed by atoms with Gasteiger partial charge in [0.05, 0.1) is 0 Å². The van der Waals surface area contributed by atoms with Crippen LogP contribution in [0, 0.1) is 5.92 Å². The highest BCUT2D eigenvalue weighted by molar-refractivity contribution is 5.41. The first-order valence-corrected chi connectivity index (χ1v) is 9.21. The maximum absolute atomic E-state index is 4.83. The molecule has 2 fully saturated rings. The van der Waals surface area contributed by atoms with Gasteiger partial charge in [-0.05, 0) is 63.1 Å². The summed E-state index contributed by atoms with van der Waals surface area (Å²) in [5, 5.41) is 3.79. The Morgan fingerprint density at radius 3 is 2.73 bits per heavy atom. The maximum atomic E-state index is 4.83. The molecule has 2 heteroatoms. The van der Waals surface area contributed by atoms with Gasteiger partial charge in [0.15, 0.2) is 0 Å². The average molecular weight is 301 g/mol. The van der Waals surface area contributed by atoms with Gasteiger partial charge in [0.25, 0.3) is 0 Å². The van der Waals surface area contributed by atoms with E-state index >= 15 is 0 Å². The molecule has 1 saturated heterocycles. The van der Waals surface area contributed by atoms with Crippen molar-refractivity contribution >= 4 is 0 Å². The summed E-state index contributed by atoms with van der Waals surface area (Å²) in [5.41, 5.74) is 3.88. The first-order chi connectivity index (χ1) is 10.8. The van der Waals surface area contributed by atoms with E-state index in [-0.39, 0.29) is 0 Å². The summed E-state index contributed by atoms with van der Waals surface area (Å²) >= 11 is 0. The minimum Gasteiger partial charge on any atom is -0.382 e. The Hall–Kier alpha value is -0.860. The lowest BCUT2D eigenvalue weighted by Gasteiger charge is -2.56.